The summed E-state index contributed by atoms with van der Waals surface area (Å²) in [6.45, 7) is 1.49. The number of fused-ring (bicyclic) bond motifs is 2. The van der Waals surface area contributed by atoms with Crippen LogP contribution in [0.3, 0.4) is 0 Å². The van der Waals surface area contributed by atoms with Gasteiger partial charge < -0.3 is 14.4 Å². The van der Waals surface area contributed by atoms with Gasteiger partial charge in [0.05, 0.1) is 11.4 Å². The lowest BCUT2D eigenvalue weighted by Crippen LogP contribution is -2.23. The molecule has 6 heteroatoms. The minimum absolute atomic E-state index is 0.104. The van der Waals surface area contributed by atoms with Crippen LogP contribution in [0.4, 0.5) is 0 Å². The molecule has 32 heavy (non-hydrogen) atoms. The van der Waals surface area contributed by atoms with Crippen LogP contribution in [0.1, 0.15) is 25.7 Å². The molecule has 1 aromatic heterocycles. The fraction of sp³-hybridized carbons (Fsp3) is 0.423. The van der Waals surface area contributed by atoms with Gasteiger partial charge >= 0.3 is 5.69 Å². The van der Waals surface area contributed by atoms with E-state index in [9.17, 15) is 4.79 Å². The van der Waals surface area contributed by atoms with Crippen LogP contribution in [0.2, 0.25) is 0 Å². The topological polar surface area (TPSA) is 48.6 Å². The minimum Gasteiger partial charge on any atom is -0.492 e. The molecule has 6 nitrogen and oxygen atoms in total. The number of hydrogen-bond donors (Lipinski definition) is 0. The predicted octanol–water partition coefficient (Wildman–Crippen LogP) is 4.14. The zero-order valence-corrected chi connectivity index (χ0v) is 18.8. The maximum atomic E-state index is 13.0. The number of aromatic nitrogens is 2. The van der Waals surface area contributed by atoms with Crippen molar-refractivity contribution in [3.05, 3.63) is 71.4 Å². The molecule has 0 aliphatic heterocycles. The number of rotatable bonds is 8. The highest BCUT2D eigenvalue weighted by Crippen LogP contribution is 2.46. The van der Waals surface area contributed by atoms with E-state index in [2.05, 4.69) is 4.90 Å². The molecule has 2 fully saturated rings. The summed E-state index contributed by atoms with van der Waals surface area (Å²) in [7, 11) is 4.03. The smallest absolute Gasteiger partial charge is 0.337 e. The molecule has 2 aromatic carbocycles. The van der Waals surface area contributed by atoms with Crippen LogP contribution in [0.15, 0.2) is 65.7 Å². The van der Waals surface area contributed by atoms with E-state index in [1.807, 2.05) is 62.6 Å². The van der Waals surface area contributed by atoms with Crippen LogP contribution in [-0.4, -0.2) is 47.4 Å². The Hall–Kier alpha value is -2.99. The van der Waals surface area contributed by atoms with Crippen LogP contribution in [-0.2, 0) is 0 Å². The summed E-state index contributed by atoms with van der Waals surface area (Å²) in [5.74, 6) is 3.28. The molecule has 0 N–H and O–H groups in total. The Bertz CT molecular complexity index is 1100. The van der Waals surface area contributed by atoms with Crippen LogP contribution in [0.5, 0.6) is 11.5 Å². The third-order valence-electron chi connectivity index (χ3n) is 6.77. The highest BCUT2D eigenvalue weighted by Gasteiger charge is 2.40. The SMILES string of the molecule is CN(C)CCOc1ccc(-n2ccn(-c3ccc(OC4CC5CCC4C5)cc3)c2=O)cc1. The highest BCUT2D eigenvalue weighted by atomic mass is 16.5. The monoisotopic (exact) mass is 433 g/mol. The van der Waals surface area contributed by atoms with Gasteiger partial charge in [-0.2, -0.15) is 0 Å². The van der Waals surface area contributed by atoms with Crippen molar-refractivity contribution in [3.63, 3.8) is 0 Å². The van der Waals surface area contributed by atoms with E-state index in [1.165, 1.54) is 25.7 Å². The number of hydrogen-bond acceptors (Lipinski definition) is 4. The molecule has 0 spiro atoms. The molecule has 0 amide bonds. The Morgan fingerprint density at radius 2 is 1.50 bits per heavy atom. The van der Waals surface area contributed by atoms with E-state index in [0.717, 1.165) is 41.3 Å². The van der Waals surface area contributed by atoms with Crippen molar-refractivity contribution in [3.8, 4) is 22.9 Å². The van der Waals surface area contributed by atoms with Gasteiger partial charge in [0.1, 0.15) is 24.2 Å². The van der Waals surface area contributed by atoms with Gasteiger partial charge in [0, 0.05) is 18.9 Å². The molecule has 1 heterocycles. The lowest BCUT2D eigenvalue weighted by atomic mass is 9.98. The van der Waals surface area contributed by atoms with Gasteiger partial charge in [-0.05, 0) is 100 Å². The second-order valence-electron chi connectivity index (χ2n) is 9.29. The summed E-state index contributed by atoms with van der Waals surface area (Å²) in [6.07, 6.45) is 9.15. The average molecular weight is 434 g/mol. The van der Waals surface area contributed by atoms with E-state index in [4.69, 9.17) is 9.47 Å². The molecule has 168 valence electrons. The summed E-state index contributed by atoms with van der Waals surface area (Å²) in [4.78, 5) is 15.1. The third kappa shape index (κ3) is 4.32. The molecule has 3 unspecified atom stereocenters. The zero-order chi connectivity index (χ0) is 22.1. The first-order chi connectivity index (χ1) is 15.6. The Morgan fingerprint density at radius 3 is 2.03 bits per heavy atom. The number of ether oxygens (including phenoxy) is 2. The zero-order valence-electron chi connectivity index (χ0n) is 18.8. The lowest BCUT2D eigenvalue weighted by molar-refractivity contribution is 0.138. The fourth-order valence-electron chi connectivity index (χ4n) is 5.01. The number of imidazole rings is 1. The lowest BCUT2D eigenvalue weighted by Gasteiger charge is -2.23. The highest BCUT2D eigenvalue weighted by molar-refractivity contribution is 5.40. The maximum Gasteiger partial charge on any atom is 0.337 e. The van der Waals surface area contributed by atoms with Crippen molar-refractivity contribution in [2.75, 3.05) is 27.2 Å². The first kappa shape index (κ1) is 20.9. The van der Waals surface area contributed by atoms with Crippen LogP contribution in [0, 0.1) is 11.8 Å². The maximum absolute atomic E-state index is 13.0. The van der Waals surface area contributed by atoms with Gasteiger partial charge in [0.15, 0.2) is 0 Å². The Kier molecular flexibility index (Phi) is 5.79. The number of benzene rings is 2. The molecule has 2 saturated carbocycles. The molecular weight excluding hydrogens is 402 g/mol. The Labute approximate surface area is 189 Å². The van der Waals surface area contributed by atoms with Gasteiger partial charge in [-0.25, -0.2) is 4.79 Å². The van der Waals surface area contributed by atoms with E-state index in [1.54, 1.807) is 21.5 Å². The second kappa shape index (κ2) is 8.87. The van der Waals surface area contributed by atoms with Gasteiger partial charge in [0.25, 0.3) is 0 Å². The predicted molar refractivity (Wildman–Crippen MR) is 125 cm³/mol. The van der Waals surface area contributed by atoms with Gasteiger partial charge in [-0.15, -0.1) is 0 Å². The van der Waals surface area contributed by atoms with Crippen molar-refractivity contribution in [2.45, 2.75) is 31.8 Å². The van der Waals surface area contributed by atoms with Crippen molar-refractivity contribution in [2.24, 2.45) is 11.8 Å². The van der Waals surface area contributed by atoms with E-state index in [-0.39, 0.29) is 5.69 Å². The summed E-state index contributed by atoms with van der Waals surface area (Å²) in [6, 6.07) is 15.5. The van der Waals surface area contributed by atoms with Crippen molar-refractivity contribution in [1.29, 1.82) is 0 Å². The van der Waals surface area contributed by atoms with E-state index >= 15 is 0 Å². The molecule has 3 atom stereocenters. The van der Waals surface area contributed by atoms with Crippen LogP contribution in [0.25, 0.3) is 11.4 Å². The van der Waals surface area contributed by atoms with Gasteiger partial charge in [-0.1, -0.05) is 0 Å². The molecule has 0 saturated heterocycles. The third-order valence-corrected chi connectivity index (χ3v) is 6.77. The standard InChI is InChI=1S/C26H31N3O3/c1-27(2)15-16-31-23-9-5-21(6-10-23)28-13-14-29(26(28)30)22-7-11-24(12-8-22)32-25-18-19-3-4-20(25)17-19/h5-14,19-20,25H,3-4,15-18H2,1-2H3. The van der Waals surface area contributed by atoms with Crippen LogP contribution < -0.4 is 15.2 Å². The summed E-state index contributed by atoms with van der Waals surface area (Å²) < 4.78 is 15.3. The van der Waals surface area contributed by atoms with E-state index in [0.29, 0.717) is 12.7 Å². The summed E-state index contributed by atoms with van der Waals surface area (Å²) in [5.41, 5.74) is 1.54. The minimum atomic E-state index is -0.104. The van der Waals surface area contributed by atoms with Crippen molar-refractivity contribution < 1.29 is 9.47 Å². The summed E-state index contributed by atoms with van der Waals surface area (Å²) >= 11 is 0. The van der Waals surface area contributed by atoms with Gasteiger partial charge in [-0.3, -0.25) is 9.13 Å². The molecule has 0 radical (unpaired) electrons. The van der Waals surface area contributed by atoms with Crippen molar-refractivity contribution >= 4 is 0 Å². The molecule has 2 aliphatic carbocycles. The van der Waals surface area contributed by atoms with Crippen molar-refractivity contribution in [1.82, 2.24) is 14.0 Å². The van der Waals surface area contributed by atoms with E-state index < -0.39 is 0 Å². The van der Waals surface area contributed by atoms with Gasteiger partial charge in [0.2, 0.25) is 0 Å². The largest absolute Gasteiger partial charge is 0.492 e. The quantitative estimate of drug-likeness (QED) is 0.536. The molecule has 2 bridgehead atoms. The number of nitrogens with zero attached hydrogens (tertiary/aromatic N) is 3. The normalized spacial score (nSPS) is 21.9. The average Bonchev–Trinajstić information content (AvgIpc) is 3.51. The molecule has 3 aromatic rings. The summed E-state index contributed by atoms with van der Waals surface area (Å²) in [5, 5.41) is 0. The van der Waals surface area contributed by atoms with Crippen LogP contribution >= 0.6 is 0 Å². The first-order valence-corrected chi connectivity index (χ1v) is 11.5. The Balaban J connectivity index is 1.26. The first-order valence-electron chi connectivity index (χ1n) is 11.5. The second-order valence-corrected chi connectivity index (χ2v) is 9.29. The molecular formula is C26H31N3O3. The molecule has 5 rings (SSSR count). The fourth-order valence-corrected chi connectivity index (χ4v) is 5.01. The number of likely N-dealkylation sites (N-methyl/N-ethyl adjacent to an activating group) is 1. The Morgan fingerprint density at radius 1 is 0.875 bits per heavy atom. The molecule has 2 aliphatic rings.